The Morgan fingerprint density at radius 1 is 1.12 bits per heavy atom. The van der Waals surface area contributed by atoms with E-state index in [1.807, 2.05) is 24.3 Å². The molecule has 0 saturated heterocycles. The van der Waals surface area contributed by atoms with Gasteiger partial charge >= 0.3 is 5.97 Å². The van der Waals surface area contributed by atoms with Crippen LogP contribution in [-0.2, 0) is 4.74 Å². The largest absolute Gasteiger partial charge is 0.497 e. The third-order valence-corrected chi connectivity index (χ3v) is 3.72. The molecule has 3 rings (SSSR count). The first-order valence-electron chi connectivity index (χ1n) is 7.61. The number of rotatable bonds is 4. The molecule has 5 heteroatoms. The van der Waals surface area contributed by atoms with Crippen molar-refractivity contribution < 1.29 is 14.3 Å². The molecule has 0 aliphatic rings. The first-order valence-corrected chi connectivity index (χ1v) is 7.61. The lowest BCUT2D eigenvalue weighted by atomic mass is 10.1. The molecule has 0 aliphatic heterocycles. The molecule has 0 bridgehead atoms. The number of aromatic amines is 1. The van der Waals surface area contributed by atoms with E-state index in [2.05, 4.69) is 4.98 Å². The van der Waals surface area contributed by atoms with Crippen LogP contribution < -0.4 is 10.2 Å². The molecule has 1 aromatic heterocycles. The summed E-state index contributed by atoms with van der Waals surface area (Å²) in [5, 5.41) is 0.451. The van der Waals surface area contributed by atoms with E-state index in [1.54, 1.807) is 32.2 Å². The fourth-order valence-electron chi connectivity index (χ4n) is 2.53. The Balaban J connectivity index is 2.09. The van der Waals surface area contributed by atoms with E-state index in [1.165, 1.54) is 6.07 Å². The zero-order valence-corrected chi connectivity index (χ0v) is 13.5. The van der Waals surface area contributed by atoms with E-state index in [9.17, 15) is 9.59 Å². The smallest absolute Gasteiger partial charge is 0.338 e. The van der Waals surface area contributed by atoms with Crippen LogP contribution in [0.4, 0.5) is 0 Å². The lowest BCUT2D eigenvalue weighted by Crippen LogP contribution is -2.08. The van der Waals surface area contributed by atoms with Gasteiger partial charge in [0.1, 0.15) is 5.75 Å². The predicted octanol–water partition coefficient (Wildman–Crippen LogP) is 3.38. The average molecular weight is 323 g/mol. The second-order valence-electron chi connectivity index (χ2n) is 5.26. The number of carbonyl (C=O) groups is 1. The maximum Gasteiger partial charge on any atom is 0.338 e. The number of carbonyl (C=O) groups excluding carboxylic acids is 1. The monoisotopic (exact) mass is 323 g/mol. The number of nitrogens with one attached hydrogen (secondary N) is 1. The van der Waals surface area contributed by atoms with Gasteiger partial charge in [-0.05, 0) is 37.3 Å². The average Bonchev–Trinajstić information content (AvgIpc) is 2.61. The molecule has 122 valence electrons. The molecular formula is C19H17NO4. The summed E-state index contributed by atoms with van der Waals surface area (Å²) in [4.78, 5) is 27.5. The van der Waals surface area contributed by atoms with Gasteiger partial charge in [0.05, 0.1) is 19.3 Å². The molecule has 2 aromatic carbocycles. The van der Waals surface area contributed by atoms with E-state index in [-0.39, 0.29) is 5.43 Å². The quantitative estimate of drug-likeness (QED) is 0.747. The van der Waals surface area contributed by atoms with E-state index >= 15 is 0 Å². The van der Waals surface area contributed by atoms with Gasteiger partial charge < -0.3 is 14.5 Å². The number of ether oxygens (including phenoxy) is 2. The van der Waals surface area contributed by atoms with Crippen molar-refractivity contribution in [2.45, 2.75) is 6.92 Å². The van der Waals surface area contributed by atoms with Crippen molar-refractivity contribution in [2.24, 2.45) is 0 Å². The van der Waals surface area contributed by atoms with Gasteiger partial charge in [0.2, 0.25) is 0 Å². The van der Waals surface area contributed by atoms with Gasteiger partial charge in [-0.15, -0.1) is 0 Å². The van der Waals surface area contributed by atoms with E-state index < -0.39 is 5.97 Å². The van der Waals surface area contributed by atoms with Crippen molar-refractivity contribution in [1.82, 2.24) is 4.98 Å². The van der Waals surface area contributed by atoms with Gasteiger partial charge in [-0.1, -0.05) is 12.1 Å². The van der Waals surface area contributed by atoms with Crippen molar-refractivity contribution in [3.05, 3.63) is 64.3 Å². The molecule has 0 fully saturated rings. The first kappa shape index (κ1) is 15.8. The molecular weight excluding hydrogens is 306 g/mol. The standard InChI is InChI=1S/C19H17NO4/c1-3-24-19(22)13-7-8-16-15(10-13)18(21)11-17(20-16)12-5-4-6-14(9-12)23-2/h4-11H,3H2,1-2H3,(H,20,21). The summed E-state index contributed by atoms with van der Waals surface area (Å²) >= 11 is 0. The summed E-state index contributed by atoms with van der Waals surface area (Å²) in [7, 11) is 1.60. The number of pyridine rings is 1. The third kappa shape index (κ3) is 3.01. The number of hydrogen-bond acceptors (Lipinski definition) is 4. The maximum absolute atomic E-state index is 12.5. The van der Waals surface area contributed by atoms with Crippen LogP contribution in [-0.4, -0.2) is 24.7 Å². The van der Waals surface area contributed by atoms with Gasteiger partial charge in [0.25, 0.3) is 0 Å². The summed E-state index contributed by atoms with van der Waals surface area (Å²) in [6.45, 7) is 2.04. The number of esters is 1. The Kier molecular flexibility index (Phi) is 4.33. The normalized spacial score (nSPS) is 10.6. The van der Waals surface area contributed by atoms with Crippen LogP contribution in [0.3, 0.4) is 0 Å². The lowest BCUT2D eigenvalue weighted by molar-refractivity contribution is 0.0526. The van der Waals surface area contributed by atoms with E-state index in [0.29, 0.717) is 34.5 Å². The topological polar surface area (TPSA) is 68.4 Å². The molecule has 3 aromatic rings. The summed E-state index contributed by atoms with van der Waals surface area (Å²) in [6, 6.07) is 13.9. The molecule has 1 heterocycles. The minimum atomic E-state index is -0.435. The van der Waals surface area contributed by atoms with Crippen LogP contribution in [0.5, 0.6) is 5.75 Å². The van der Waals surface area contributed by atoms with Crippen molar-refractivity contribution in [2.75, 3.05) is 13.7 Å². The van der Waals surface area contributed by atoms with Crippen molar-refractivity contribution in [1.29, 1.82) is 0 Å². The molecule has 0 saturated carbocycles. The second-order valence-corrected chi connectivity index (χ2v) is 5.26. The van der Waals surface area contributed by atoms with Gasteiger partial charge in [0.15, 0.2) is 5.43 Å². The Morgan fingerprint density at radius 2 is 1.96 bits per heavy atom. The van der Waals surface area contributed by atoms with Crippen molar-refractivity contribution >= 4 is 16.9 Å². The minimum absolute atomic E-state index is 0.160. The van der Waals surface area contributed by atoms with Gasteiger partial charge in [-0.2, -0.15) is 0 Å². The SMILES string of the molecule is CCOC(=O)c1ccc2[nH]c(-c3cccc(OC)c3)cc(=O)c2c1. The summed E-state index contributed by atoms with van der Waals surface area (Å²) in [5.41, 5.74) is 2.41. The molecule has 1 N–H and O–H groups in total. The van der Waals surface area contributed by atoms with E-state index in [4.69, 9.17) is 9.47 Å². The highest BCUT2D eigenvalue weighted by atomic mass is 16.5. The van der Waals surface area contributed by atoms with Crippen molar-refractivity contribution in [3.8, 4) is 17.0 Å². The summed E-state index contributed by atoms with van der Waals surface area (Å²) in [6.07, 6.45) is 0. The minimum Gasteiger partial charge on any atom is -0.497 e. The van der Waals surface area contributed by atoms with Crippen LogP contribution in [0, 0.1) is 0 Å². The van der Waals surface area contributed by atoms with Gasteiger partial charge in [-0.25, -0.2) is 4.79 Å². The van der Waals surface area contributed by atoms with Crippen LogP contribution in [0.25, 0.3) is 22.2 Å². The molecule has 0 amide bonds. The number of aromatic nitrogens is 1. The molecule has 5 nitrogen and oxygen atoms in total. The Morgan fingerprint density at radius 3 is 2.71 bits per heavy atom. The lowest BCUT2D eigenvalue weighted by Gasteiger charge is -2.08. The van der Waals surface area contributed by atoms with Gasteiger partial charge in [0, 0.05) is 28.2 Å². The Hall–Kier alpha value is -3.08. The molecule has 0 aliphatic carbocycles. The number of hydrogen-bond donors (Lipinski definition) is 1. The van der Waals surface area contributed by atoms with Gasteiger partial charge in [-0.3, -0.25) is 4.79 Å². The molecule has 0 spiro atoms. The van der Waals surface area contributed by atoms with Crippen LogP contribution in [0.2, 0.25) is 0 Å². The highest BCUT2D eigenvalue weighted by Gasteiger charge is 2.10. The predicted molar refractivity (Wildman–Crippen MR) is 92.5 cm³/mol. The third-order valence-electron chi connectivity index (χ3n) is 3.72. The van der Waals surface area contributed by atoms with Crippen LogP contribution in [0.15, 0.2) is 53.3 Å². The number of benzene rings is 2. The summed E-state index contributed by atoms with van der Waals surface area (Å²) < 4.78 is 10.2. The summed E-state index contributed by atoms with van der Waals surface area (Å²) in [5.74, 6) is 0.279. The molecule has 24 heavy (non-hydrogen) atoms. The maximum atomic E-state index is 12.5. The molecule has 0 atom stereocenters. The fraction of sp³-hybridized carbons (Fsp3) is 0.158. The highest BCUT2D eigenvalue weighted by molar-refractivity contribution is 5.94. The molecule has 0 unspecified atom stereocenters. The Bertz CT molecular complexity index is 959. The first-order chi connectivity index (χ1) is 11.6. The Labute approximate surface area is 138 Å². The number of H-pyrrole nitrogens is 1. The number of methoxy groups -OCH3 is 1. The van der Waals surface area contributed by atoms with E-state index in [0.717, 1.165) is 5.56 Å². The van der Waals surface area contributed by atoms with Crippen molar-refractivity contribution in [3.63, 3.8) is 0 Å². The van der Waals surface area contributed by atoms with Crippen LogP contribution >= 0.6 is 0 Å². The zero-order chi connectivity index (χ0) is 17.1. The second kappa shape index (κ2) is 6.58. The fourth-order valence-corrected chi connectivity index (χ4v) is 2.53. The number of fused-ring (bicyclic) bond motifs is 1. The van der Waals surface area contributed by atoms with Crippen LogP contribution in [0.1, 0.15) is 17.3 Å². The highest BCUT2D eigenvalue weighted by Crippen LogP contribution is 2.23. The zero-order valence-electron chi connectivity index (χ0n) is 13.5. The molecule has 0 radical (unpaired) electrons.